The average molecular weight is 211 g/mol. The molecule has 1 aliphatic heterocycles. The Hall–Kier alpha value is -0.315. The van der Waals surface area contributed by atoms with Crippen molar-refractivity contribution in [3.05, 3.63) is 22.9 Å². The number of hydrogen-bond acceptors (Lipinski definition) is 3. The Morgan fingerprint density at radius 3 is 1.50 bits per heavy atom. The lowest BCUT2D eigenvalue weighted by Crippen LogP contribution is -2.41. The van der Waals surface area contributed by atoms with Gasteiger partial charge in [-0.25, -0.2) is 0 Å². The molecule has 0 bridgehead atoms. The highest BCUT2D eigenvalue weighted by Gasteiger charge is 2.44. The van der Waals surface area contributed by atoms with Crippen LogP contribution < -0.4 is 0 Å². The van der Waals surface area contributed by atoms with Crippen molar-refractivity contribution in [3.8, 4) is 0 Å². The molecule has 0 aromatic carbocycles. The van der Waals surface area contributed by atoms with Crippen molar-refractivity contribution in [1.29, 1.82) is 0 Å². The molecule has 0 aliphatic carbocycles. The van der Waals surface area contributed by atoms with E-state index >= 15 is 0 Å². The van der Waals surface area contributed by atoms with Gasteiger partial charge in [0.1, 0.15) is 0 Å². The molecular weight excluding hydrogens is 195 g/mol. The number of hydrogen-bond donors (Lipinski definition) is 0. The second-order valence-electron chi connectivity index (χ2n) is 4.15. The normalized spacial score (nSPS) is 22.0. The van der Waals surface area contributed by atoms with Crippen LogP contribution in [0.15, 0.2) is 22.9 Å². The van der Waals surface area contributed by atoms with E-state index in [-0.39, 0.29) is 11.2 Å². The highest BCUT2D eigenvalue weighted by atomic mass is 32.1. The molecule has 0 unspecified atom stereocenters. The van der Waals surface area contributed by atoms with Gasteiger partial charge in [0, 0.05) is 0 Å². The minimum absolute atomic E-state index is 0.187. The van der Waals surface area contributed by atoms with Crippen LogP contribution in [0.5, 0.6) is 0 Å². The van der Waals surface area contributed by atoms with E-state index in [1.165, 1.54) is 7.69 Å². The van der Waals surface area contributed by atoms with Gasteiger partial charge in [-0.1, -0.05) is 12.1 Å². The standard InChI is InChI=1S/C6H12BO2.C4H4S/c1-5(2)6(3,4)9-7-8-5;1-2-4-5-3-1/h1-4H3;1-4H. The third-order valence-electron chi connectivity index (χ3n) is 2.56. The van der Waals surface area contributed by atoms with Crippen LogP contribution >= 0.6 is 11.3 Å². The topological polar surface area (TPSA) is 18.5 Å². The molecule has 1 saturated heterocycles. The predicted octanol–water partition coefficient (Wildman–Crippen LogP) is 2.87. The van der Waals surface area contributed by atoms with Crippen LogP contribution in [-0.2, 0) is 9.31 Å². The van der Waals surface area contributed by atoms with Gasteiger partial charge < -0.3 is 9.31 Å². The summed E-state index contributed by atoms with van der Waals surface area (Å²) < 4.78 is 10.4. The maximum Gasteiger partial charge on any atom is 0.488 e. The lowest BCUT2D eigenvalue weighted by Gasteiger charge is -2.32. The molecule has 4 heteroatoms. The molecule has 0 spiro atoms. The maximum absolute atomic E-state index is 5.21. The summed E-state index contributed by atoms with van der Waals surface area (Å²) in [5.41, 5.74) is -0.375. The lowest BCUT2D eigenvalue weighted by molar-refractivity contribution is 0.00578. The fraction of sp³-hybridized carbons (Fsp3) is 0.600. The smallest absolute Gasteiger partial charge is 0.405 e. The molecule has 1 fully saturated rings. The van der Waals surface area contributed by atoms with Gasteiger partial charge in [0.25, 0.3) is 0 Å². The summed E-state index contributed by atoms with van der Waals surface area (Å²) in [6.07, 6.45) is 0. The zero-order valence-electron chi connectivity index (χ0n) is 9.11. The van der Waals surface area contributed by atoms with Crippen LogP contribution in [0.4, 0.5) is 0 Å². The van der Waals surface area contributed by atoms with E-state index < -0.39 is 0 Å². The van der Waals surface area contributed by atoms with Crippen molar-refractivity contribution in [3.63, 3.8) is 0 Å². The van der Waals surface area contributed by atoms with Crippen molar-refractivity contribution < 1.29 is 9.31 Å². The van der Waals surface area contributed by atoms with Gasteiger partial charge in [-0.05, 0) is 38.5 Å². The second kappa shape index (κ2) is 4.47. The Bertz CT molecular complexity index is 226. The summed E-state index contributed by atoms with van der Waals surface area (Å²) in [7, 11) is 1.42. The van der Waals surface area contributed by atoms with Crippen LogP contribution in [0, 0.1) is 0 Å². The fourth-order valence-electron chi connectivity index (χ4n) is 0.775. The summed E-state index contributed by atoms with van der Waals surface area (Å²) in [4.78, 5) is 0. The van der Waals surface area contributed by atoms with E-state index in [1.807, 2.05) is 50.6 Å². The van der Waals surface area contributed by atoms with Crippen molar-refractivity contribution in [2.45, 2.75) is 38.9 Å². The molecule has 77 valence electrons. The number of rotatable bonds is 0. The molecule has 2 rings (SSSR count). The Morgan fingerprint density at radius 1 is 0.929 bits per heavy atom. The van der Waals surface area contributed by atoms with E-state index in [9.17, 15) is 0 Å². The van der Waals surface area contributed by atoms with Crippen molar-refractivity contribution in [2.75, 3.05) is 0 Å². The summed E-state index contributed by atoms with van der Waals surface area (Å²) in [5.74, 6) is 0. The van der Waals surface area contributed by atoms with E-state index in [2.05, 4.69) is 0 Å². The van der Waals surface area contributed by atoms with E-state index in [4.69, 9.17) is 9.31 Å². The highest BCUT2D eigenvalue weighted by molar-refractivity contribution is 7.07. The quantitative estimate of drug-likeness (QED) is 0.614. The minimum atomic E-state index is -0.188. The molecule has 0 atom stereocenters. The summed E-state index contributed by atoms with van der Waals surface area (Å²) in [5, 5.41) is 4.08. The Morgan fingerprint density at radius 2 is 1.36 bits per heavy atom. The van der Waals surface area contributed by atoms with Crippen LogP contribution in [0.1, 0.15) is 27.7 Å². The maximum atomic E-state index is 5.21. The van der Waals surface area contributed by atoms with Gasteiger partial charge in [0.05, 0.1) is 11.2 Å². The van der Waals surface area contributed by atoms with Gasteiger partial charge >= 0.3 is 7.69 Å². The molecule has 0 N–H and O–H groups in total. The molecule has 14 heavy (non-hydrogen) atoms. The van der Waals surface area contributed by atoms with Crippen molar-refractivity contribution >= 4 is 19.0 Å². The molecule has 2 heterocycles. The minimum Gasteiger partial charge on any atom is -0.405 e. The second-order valence-corrected chi connectivity index (χ2v) is 4.96. The predicted molar refractivity (Wildman–Crippen MR) is 60.4 cm³/mol. The molecule has 1 aromatic heterocycles. The summed E-state index contributed by atoms with van der Waals surface area (Å²) in [6, 6.07) is 4.04. The van der Waals surface area contributed by atoms with Gasteiger partial charge in [-0.3, -0.25) is 0 Å². The molecule has 1 aliphatic rings. The largest absolute Gasteiger partial charge is 0.488 e. The summed E-state index contributed by atoms with van der Waals surface area (Å²) >= 11 is 1.71. The highest BCUT2D eigenvalue weighted by Crippen LogP contribution is 2.33. The number of thiophene rings is 1. The third kappa shape index (κ3) is 2.84. The molecule has 0 saturated carbocycles. The zero-order valence-corrected chi connectivity index (χ0v) is 9.93. The SMILES string of the molecule is CC1(C)O[B]OC1(C)C.c1ccsc1. The monoisotopic (exact) mass is 211 g/mol. The van der Waals surface area contributed by atoms with Crippen molar-refractivity contribution in [1.82, 2.24) is 0 Å². The van der Waals surface area contributed by atoms with Crippen molar-refractivity contribution in [2.24, 2.45) is 0 Å². The first-order chi connectivity index (χ1) is 6.46. The van der Waals surface area contributed by atoms with Gasteiger partial charge in [0.2, 0.25) is 0 Å². The zero-order chi connectivity index (χ0) is 10.7. The van der Waals surface area contributed by atoms with E-state index in [0.717, 1.165) is 0 Å². The first kappa shape index (κ1) is 11.8. The Kier molecular flexibility index (Phi) is 3.75. The van der Waals surface area contributed by atoms with Crippen LogP contribution in [0.2, 0.25) is 0 Å². The molecule has 1 aromatic rings. The molecule has 0 amide bonds. The summed E-state index contributed by atoms with van der Waals surface area (Å²) in [6.45, 7) is 8.04. The van der Waals surface area contributed by atoms with Gasteiger partial charge in [0.15, 0.2) is 0 Å². The fourth-order valence-corrected chi connectivity index (χ4v) is 1.23. The first-order valence-corrected chi connectivity index (χ1v) is 5.54. The third-order valence-corrected chi connectivity index (χ3v) is 3.19. The van der Waals surface area contributed by atoms with Crippen LogP contribution in [0.25, 0.3) is 0 Å². The Balaban J connectivity index is 0.000000165. The molecule has 2 nitrogen and oxygen atoms in total. The first-order valence-electron chi connectivity index (χ1n) is 4.60. The average Bonchev–Trinajstić information content (AvgIpc) is 2.64. The lowest BCUT2D eigenvalue weighted by atomic mass is 9.90. The van der Waals surface area contributed by atoms with E-state index in [0.29, 0.717) is 0 Å². The Labute approximate surface area is 90.5 Å². The van der Waals surface area contributed by atoms with Gasteiger partial charge in [-0.15, -0.1) is 0 Å². The molecule has 1 radical (unpaired) electrons. The molecular formula is C10H16BO2S. The van der Waals surface area contributed by atoms with Crippen LogP contribution in [-0.4, -0.2) is 18.9 Å². The van der Waals surface area contributed by atoms with E-state index in [1.54, 1.807) is 11.3 Å². The van der Waals surface area contributed by atoms with Crippen LogP contribution in [0.3, 0.4) is 0 Å². The van der Waals surface area contributed by atoms with Gasteiger partial charge in [-0.2, -0.15) is 11.3 Å².